The van der Waals surface area contributed by atoms with Gasteiger partial charge in [-0.2, -0.15) is 0 Å². The fourth-order valence-corrected chi connectivity index (χ4v) is 2.05. The second-order valence-electron chi connectivity index (χ2n) is 4.16. The van der Waals surface area contributed by atoms with E-state index < -0.39 is 13.1 Å². The molecule has 2 heterocycles. The molecule has 0 amide bonds. The Morgan fingerprint density at radius 2 is 2.22 bits per heavy atom. The Morgan fingerprint density at radius 3 is 2.94 bits per heavy atom. The van der Waals surface area contributed by atoms with Crippen LogP contribution in [0.1, 0.15) is 15.9 Å². The van der Waals surface area contributed by atoms with Crippen molar-refractivity contribution >= 4 is 18.6 Å². The lowest BCUT2D eigenvalue weighted by Crippen LogP contribution is -2.28. The lowest BCUT2D eigenvalue weighted by atomic mass is 9.79. The van der Waals surface area contributed by atoms with E-state index in [9.17, 15) is 9.82 Å². The lowest BCUT2D eigenvalue weighted by molar-refractivity contribution is 0.0697. The molecule has 2 N–H and O–H groups in total. The van der Waals surface area contributed by atoms with Crippen molar-refractivity contribution < 1.29 is 19.6 Å². The van der Waals surface area contributed by atoms with E-state index in [0.717, 1.165) is 16.7 Å². The van der Waals surface area contributed by atoms with E-state index in [1.165, 1.54) is 12.3 Å². The van der Waals surface area contributed by atoms with E-state index in [1.807, 2.05) is 12.1 Å². The molecule has 0 fully saturated rings. The maximum Gasteiger partial charge on any atom is 0.491 e. The molecule has 1 aromatic heterocycles. The summed E-state index contributed by atoms with van der Waals surface area (Å²) in [5.41, 5.74) is 2.72. The highest BCUT2D eigenvalue weighted by Gasteiger charge is 2.27. The number of benzene rings is 1. The first-order valence-corrected chi connectivity index (χ1v) is 5.49. The molecule has 18 heavy (non-hydrogen) atoms. The van der Waals surface area contributed by atoms with Gasteiger partial charge in [0.05, 0.1) is 12.2 Å². The number of aromatic carboxylic acids is 1. The third-order valence-electron chi connectivity index (χ3n) is 3.03. The Morgan fingerprint density at radius 1 is 1.39 bits per heavy atom. The molecule has 3 rings (SSSR count). The van der Waals surface area contributed by atoms with Crippen molar-refractivity contribution in [3.05, 3.63) is 47.8 Å². The Bertz CT molecular complexity index is 622. The number of nitrogens with zero attached hydrogens (tertiary/aromatic N) is 1. The van der Waals surface area contributed by atoms with Crippen LogP contribution in [0.2, 0.25) is 0 Å². The Hall–Kier alpha value is -2.05. The zero-order valence-electron chi connectivity index (χ0n) is 9.41. The second kappa shape index (κ2) is 4.01. The highest BCUT2D eigenvalue weighted by Crippen LogP contribution is 2.15. The van der Waals surface area contributed by atoms with Crippen LogP contribution in [0.3, 0.4) is 0 Å². The molecular formula is C12H10BNO4. The standard InChI is InChI=1S/C12H10BNO4/c15-12(16)8-3-4-14(6-8)10-2-1-9-7-18-13(17)11(9)5-10/h1-6,17H,7H2,(H,15,16). The van der Waals surface area contributed by atoms with E-state index in [4.69, 9.17) is 9.76 Å². The molecule has 2 aromatic rings. The molecule has 90 valence electrons. The molecule has 5 nitrogen and oxygen atoms in total. The van der Waals surface area contributed by atoms with Crippen molar-refractivity contribution in [3.8, 4) is 5.69 Å². The van der Waals surface area contributed by atoms with Gasteiger partial charge in [0.25, 0.3) is 0 Å². The summed E-state index contributed by atoms with van der Waals surface area (Å²) in [7, 11) is -0.894. The van der Waals surface area contributed by atoms with Crippen molar-refractivity contribution in [1.29, 1.82) is 0 Å². The SMILES string of the molecule is O=C(O)c1ccn(-c2ccc3c(c2)B(O)OC3)c1. The van der Waals surface area contributed by atoms with Gasteiger partial charge < -0.3 is 19.4 Å². The first kappa shape index (κ1) is 11.1. The molecule has 1 aliphatic rings. The van der Waals surface area contributed by atoms with Gasteiger partial charge >= 0.3 is 13.1 Å². The Labute approximate surface area is 103 Å². The zero-order chi connectivity index (χ0) is 12.7. The van der Waals surface area contributed by atoms with E-state index in [1.54, 1.807) is 16.8 Å². The monoisotopic (exact) mass is 243 g/mol. The predicted octanol–water partition coefficient (Wildman–Crippen LogP) is 0.393. The summed E-state index contributed by atoms with van der Waals surface area (Å²) in [6.07, 6.45) is 3.21. The summed E-state index contributed by atoms with van der Waals surface area (Å²) < 4.78 is 6.81. The number of aromatic nitrogens is 1. The van der Waals surface area contributed by atoms with Gasteiger partial charge in [-0.05, 0) is 29.2 Å². The van der Waals surface area contributed by atoms with Crippen molar-refractivity contribution in [3.63, 3.8) is 0 Å². The summed E-state index contributed by atoms with van der Waals surface area (Å²) in [6, 6.07) is 7.08. The van der Waals surface area contributed by atoms with Crippen molar-refractivity contribution in [2.75, 3.05) is 0 Å². The fourth-order valence-electron chi connectivity index (χ4n) is 2.05. The third kappa shape index (κ3) is 1.71. The highest BCUT2D eigenvalue weighted by atomic mass is 16.5. The van der Waals surface area contributed by atoms with Gasteiger partial charge in [0, 0.05) is 18.1 Å². The topological polar surface area (TPSA) is 71.7 Å². The Balaban J connectivity index is 2.01. The average Bonchev–Trinajstić information content (AvgIpc) is 2.96. The molecule has 0 saturated heterocycles. The number of carboxylic acids is 1. The maximum absolute atomic E-state index is 10.8. The molecule has 0 bridgehead atoms. The predicted molar refractivity (Wildman–Crippen MR) is 65.1 cm³/mol. The summed E-state index contributed by atoms with van der Waals surface area (Å²) in [6.45, 7) is 0.406. The first-order chi connectivity index (χ1) is 8.65. The summed E-state index contributed by atoms with van der Waals surface area (Å²) in [5, 5.41) is 18.5. The molecule has 1 aliphatic heterocycles. The van der Waals surface area contributed by atoms with Crippen LogP contribution < -0.4 is 5.46 Å². The van der Waals surface area contributed by atoms with Crippen LogP contribution in [0.5, 0.6) is 0 Å². The minimum atomic E-state index is -0.960. The van der Waals surface area contributed by atoms with Crippen LogP contribution in [-0.2, 0) is 11.3 Å². The van der Waals surface area contributed by atoms with E-state index in [0.29, 0.717) is 6.61 Å². The number of carboxylic acid groups (broad SMARTS) is 1. The van der Waals surface area contributed by atoms with Crippen LogP contribution in [-0.4, -0.2) is 27.8 Å². The molecule has 0 spiro atoms. The molecule has 1 aromatic carbocycles. The average molecular weight is 243 g/mol. The summed E-state index contributed by atoms with van der Waals surface area (Å²) >= 11 is 0. The molecule has 0 unspecified atom stereocenters. The van der Waals surface area contributed by atoms with Crippen molar-refractivity contribution in [2.24, 2.45) is 0 Å². The zero-order valence-corrected chi connectivity index (χ0v) is 9.41. The van der Waals surface area contributed by atoms with Gasteiger partial charge in [0.15, 0.2) is 0 Å². The molecule has 0 atom stereocenters. The quantitative estimate of drug-likeness (QED) is 0.748. The molecule has 0 saturated carbocycles. The third-order valence-corrected chi connectivity index (χ3v) is 3.03. The molecular weight excluding hydrogens is 233 g/mol. The fraction of sp³-hybridized carbons (Fsp3) is 0.0833. The van der Waals surface area contributed by atoms with Crippen LogP contribution in [0, 0.1) is 0 Å². The number of hydrogen-bond acceptors (Lipinski definition) is 3. The minimum Gasteiger partial charge on any atom is -0.478 e. The molecule has 0 aliphatic carbocycles. The van der Waals surface area contributed by atoms with Gasteiger partial charge in [0.1, 0.15) is 0 Å². The maximum atomic E-state index is 10.8. The van der Waals surface area contributed by atoms with Crippen LogP contribution in [0.15, 0.2) is 36.7 Å². The lowest BCUT2D eigenvalue weighted by Gasteiger charge is -2.05. The smallest absolute Gasteiger partial charge is 0.478 e. The van der Waals surface area contributed by atoms with Crippen molar-refractivity contribution in [1.82, 2.24) is 4.57 Å². The number of rotatable bonds is 2. The van der Waals surface area contributed by atoms with Crippen LogP contribution in [0.4, 0.5) is 0 Å². The van der Waals surface area contributed by atoms with Crippen molar-refractivity contribution in [2.45, 2.75) is 6.61 Å². The number of hydrogen-bond donors (Lipinski definition) is 2. The summed E-state index contributed by atoms with van der Waals surface area (Å²) in [5.74, 6) is -0.960. The second-order valence-corrected chi connectivity index (χ2v) is 4.16. The first-order valence-electron chi connectivity index (χ1n) is 5.49. The van der Waals surface area contributed by atoms with Crippen LogP contribution >= 0.6 is 0 Å². The number of carbonyl (C=O) groups is 1. The Kier molecular flexibility index (Phi) is 2.46. The highest BCUT2D eigenvalue weighted by molar-refractivity contribution is 6.61. The van der Waals surface area contributed by atoms with E-state index >= 15 is 0 Å². The van der Waals surface area contributed by atoms with E-state index in [2.05, 4.69) is 0 Å². The number of fused-ring (bicyclic) bond motifs is 1. The van der Waals surface area contributed by atoms with Gasteiger partial charge in [-0.1, -0.05) is 6.07 Å². The normalized spacial score (nSPS) is 13.7. The molecule has 6 heteroatoms. The van der Waals surface area contributed by atoms with Gasteiger partial charge in [-0.15, -0.1) is 0 Å². The van der Waals surface area contributed by atoms with Gasteiger partial charge in [-0.25, -0.2) is 4.79 Å². The minimum absolute atomic E-state index is 0.229. The van der Waals surface area contributed by atoms with E-state index in [-0.39, 0.29) is 5.56 Å². The molecule has 0 radical (unpaired) electrons. The van der Waals surface area contributed by atoms with Gasteiger partial charge in [-0.3, -0.25) is 0 Å². The van der Waals surface area contributed by atoms with Crippen LogP contribution in [0.25, 0.3) is 5.69 Å². The largest absolute Gasteiger partial charge is 0.491 e. The van der Waals surface area contributed by atoms with Gasteiger partial charge in [0.2, 0.25) is 0 Å². The summed E-state index contributed by atoms with van der Waals surface area (Å²) in [4.78, 5) is 10.8.